The molecule has 1 unspecified atom stereocenters. The molecule has 2 aromatic carbocycles. The van der Waals surface area contributed by atoms with Gasteiger partial charge in [0.1, 0.15) is 0 Å². The van der Waals surface area contributed by atoms with E-state index in [4.69, 9.17) is 5.26 Å². The van der Waals surface area contributed by atoms with Gasteiger partial charge in [-0.25, -0.2) is 0 Å². The summed E-state index contributed by atoms with van der Waals surface area (Å²) in [7, 11) is 0. The van der Waals surface area contributed by atoms with Crippen LogP contribution in [0.25, 0.3) is 0 Å². The summed E-state index contributed by atoms with van der Waals surface area (Å²) in [4.78, 5) is 20.1. The zero-order valence-electron chi connectivity index (χ0n) is 18.2. The smallest absolute Gasteiger partial charge is 0.227 e. The third-order valence-electron chi connectivity index (χ3n) is 6.62. The second-order valence-corrected chi connectivity index (χ2v) is 8.63. The van der Waals surface area contributed by atoms with Gasteiger partial charge < -0.3 is 9.80 Å². The van der Waals surface area contributed by atoms with Crippen molar-refractivity contribution < 1.29 is 4.79 Å². The number of amides is 1. The third kappa shape index (κ3) is 5.33. The number of carbonyl (C=O) groups is 1. The van der Waals surface area contributed by atoms with Crippen LogP contribution < -0.4 is 0 Å². The average molecular weight is 417 g/mol. The lowest BCUT2D eigenvalue weighted by Crippen LogP contribution is -2.53. The summed E-state index contributed by atoms with van der Waals surface area (Å²) in [5.41, 5.74) is 2.60. The topological polar surface area (TPSA) is 50.6 Å². The molecule has 0 saturated carbocycles. The van der Waals surface area contributed by atoms with Crippen LogP contribution in [0.3, 0.4) is 0 Å². The van der Waals surface area contributed by atoms with Gasteiger partial charge in [-0.05, 0) is 30.5 Å². The Bertz CT molecular complexity index is 832. The van der Waals surface area contributed by atoms with Gasteiger partial charge in [-0.3, -0.25) is 9.69 Å². The predicted molar refractivity (Wildman–Crippen MR) is 122 cm³/mol. The Balaban J connectivity index is 1.40. The van der Waals surface area contributed by atoms with E-state index in [9.17, 15) is 4.79 Å². The lowest BCUT2D eigenvalue weighted by molar-refractivity contribution is -0.139. The largest absolute Gasteiger partial charge is 0.340 e. The lowest BCUT2D eigenvalue weighted by atomic mass is 9.95. The number of likely N-dealkylation sites (tertiary alicyclic amines) is 1. The predicted octanol–water partition coefficient (Wildman–Crippen LogP) is 3.55. The van der Waals surface area contributed by atoms with Crippen molar-refractivity contribution in [3.8, 4) is 6.07 Å². The lowest BCUT2D eigenvalue weighted by Gasteiger charge is -2.41. The summed E-state index contributed by atoms with van der Waals surface area (Å²) < 4.78 is 0. The summed E-state index contributed by atoms with van der Waals surface area (Å²) in [6.07, 6.45) is 2.56. The van der Waals surface area contributed by atoms with Gasteiger partial charge in [-0.2, -0.15) is 5.26 Å². The van der Waals surface area contributed by atoms with Crippen molar-refractivity contribution in [2.24, 2.45) is 5.92 Å². The van der Waals surface area contributed by atoms with Crippen molar-refractivity contribution in [3.63, 3.8) is 0 Å². The number of piperazine rings is 1. The molecule has 0 N–H and O–H groups in total. The zero-order chi connectivity index (χ0) is 21.5. The molecule has 2 fully saturated rings. The van der Waals surface area contributed by atoms with Crippen molar-refractivity contribution in [3.05, 3.63) is 71.8 Å². The van der Waals surface area contributed by atoms with E-state index in [1.54, 1.807) is 0 Å². The molecular formula is C26H32N4O. The number of hydrogen-bond donors (Lipinski definition) is 0. The third-order valence-corrected chi connectivity index (χ3v) is 6.62. The fourth-order valence-electron chi connectivity index (χ4n) is 5.01. The van der Waals surface area contributed by atoms with Crippen molar-refractivity contribution in [1.29, 1.82) is 5.26 Å². The normalized spacial score (nSPS) is 20.5. The van der Waals surface area contributed by atoms with E-state index in [1.165, 1.54) is 11.1 Å². The number of hydrogen-bond acceptors (Lipinski definition) is 4. The Morgan fingerprint density at radius 3 is 2.13 bits per heavy atom. The van der Waals surface area contributed by atoms with Crippen molar-refractivity contribution in [2.45, 2.75) is 25.3 Å². The zero-order valence-corrected chi connectivity index (χ0v) is 18.2. The standard InChI is InChI=1S/C26H32N4O/c27-14-8-16-28-15-7-13-24(21-28)26(31)30-19-17-29(18-20-30)25(22-9-3-1-4-10-22)23-11-5-2-6-12-23/h1-6,9-12,24-25H,7-8,13,15-21H2. The van der Waals surface area contributed by atoms with Gasteiger partial charge in [0.2, 0.25) is 5.91 Å². The molecule has 1 atom stereocenters. The van der Waals surface area contributed by atoms with Crippen LogP contribution in [0.5, 0.6) is 0 Å². The molecule has 1 amide bonds. The molecule has 2 aromatic rings. The van der Waals surface area contributed by atoms with Gasteiger partial charge in [0.05, 0.1) is 18.0 Å². The maximum atomic E-state index is 13.2. The van der Waals surface area contributed by atoms with Crippen LogP contribution in [0.2, 0.25) is 0 Å². The highest BCUT2D eigenvalue weighted by molar-refractivity contribution is 5.79. The van der Waals surface area contributed by atoms with Gasteiger partial charge in [0, 0.05) is 45.7 Å². The van der Waals surface area contributed by atoms with Crippen LogP contribution in [-0.2, 0) is 4.79 Å². The summed E-state index contributed by atoms with van der Waals surface area (Å²) in [6, 6.07) is 23.8. The van der Waals surface area contributed by atoms with Gasteiger partial charge in [0.25, 0.3) is 0 Å². The molecule has 4 rings (SSSR count). The van der Waals surface area contributed by atoms with Crippen LogP contribution in [0.4, 0.5) is 0 Å². The minimum atomic E-state index is 0.0815. The number of rotatable bonds is 6. The van der Waals surface area contributed by atoms with E-state index in [2.05, 4.69) is 81.4 Å². The van der Waals surface area contributed by atoms with Crippen LogP contribution in [0.15, 0.2) is 60.7 Å². The fraction of sp³-hybridized carbons (Fsp3) is 0.462. The number of nitrogens with zero attached hydrogens (tertiary/aromatic N) is 4. The molecule has 0 aromatic heterocycles. The van der Waals surface area contributed by atoms with E-state index in [0.29, 0.717) is 12.3 Å². The molecule has 2 aliphatic rings. The van der Waals surface area contributed by atoms with Crippen LogP contribution >= 0.6 is 0 Å². The first-order valence-electron chi connectivity index (χ1n) is 11.5. The fourth-order valence-corrected chi connectivity index (χ4v) is 5.01. The van der Waals surface area contributed by atoms with Crippen molar-refractivity contribution >= 4 is 5.91 Å². The van der Waals surface area contributed by atoms with Crippen LogP contribution in [-0.4, -0.2) is 66.4 Å². The maximum absolute atomic E-state index is 13.2. The monoisotopic (exact) mass is 416 g/mol. The molecule has 2 aliphatic heterocycles. The summed E-state index contributed by atoms with van der Waals surface area (Å²) in [5.74, 6) is 0.385. The molecule has 0 spiro atoms. The van der Waals surface area contributed by atoms with Crippen LogP contribution in [0, 0.1) is 17.2 Å². The van der Waals surface area contributed by atoms with E-state index in [0.717, 1.165) is 58.7 Å². The Morgan fingerprint density at radius 2 is 1.55 bits per heavy atom. The van der Waals surface area contributed by atoms with E-state index in [-0.39, 0.29) is 12.0 Å². The molecular weight excluding hydrogens is 384 g/mol. The van der Waals surface area contributed by atoms with E-state index < -0.39 is 0 Å². The second kappa shape index (κ2) is 10.6. The molecule has 31 heavy (non-hydrogen) atoms. The second-order valence-electron chi connectivity index (χ2n) is 8.63. The first kappa shape index (κ1) is 21.5. The molecule has 2 heterocycles. The Kier molecular flexibility index (Phi) is 7.35. The van der Waals surface area contributed by atoms with Gasteiger partial charge in [-0.1, -0.05) is 60.7 Å². The highest BCUT2D eigenvalue weighted by Gasteiger charge is 2.33. The minimum Gasteiger partial charge on any atom is -0.340 e. The van der Waals surface area contributed by atoms with Crippen molar-refractivity contribution in [1.82, 2.24) is 14.7 Å². The van der Waals surface area contributed by atoms with E-state index >= 15 is 0 Å². The summed E-state index contributed by atoms with van der Waals surface area (Å²) in [6.45, 7) is 5.92. The number of nitriles is 1. The van der Waals surface area contributed by atoms with Crippen molar-refractivity contribution in [2.75, 3.05) is 45.8 Å². The summed E-state index contributed by atoms with van der Waals surface area (Å²) in [5, 5.41) is 8.85. The Labute approximate surface area is 185 Å². The molecule has 5 heteroatoms. The highest BCUT2D eigenvalue weighted by Crippen LogP contribution is 2.30. The first-order chi connectivity index (χ1) is 15.3. The molecule has 0 aliphatic carbocycles. The molecule has 2 saturated heterocycles. The maximum Gasteiger partial charge on any atom is 0.227 e. The van der Waals surface area contributed by atoms with Crippen LogP contribution in [0.1, 0.15) is 36.4 Å². The molecule has 0 radical (unpaired) electrons. The minimum absolute atomic E-state index is 0.0815. The molecule has 5 nitrogen and oxygen atoms in total. The van der Waals surface area contributed by atoms with Gasteiger partial charge in [0.15, 0.2) is 0 Å². The number of benzene rings is 2. The molecule has 162 valence electrons. The number of carbonyl (C=O) groups excluding carboxylic acids is 1. The SMILES string of the molecule is N#CCCN1CCCC(C(=O)N2CCN(C(c3ccccc3)c3ccccc3)CC2)C1. The Morgan fingerprint density at radius 1 is 0.935 bits per heavy atom. The first-order valence-corrected chi connectivity index (χ1v) is 11.5. The average Bonchev–Trinajstić information content (AvgIpc) is 2.84. The van der Waals surface area contributed by atoms with Gasteiger partial charge >= 0.3 is 0 Å². The quantitative estimate of drug-likeness (QED) is 0.723. The molecule has 0 bridgehead atoms. The Hall–Kier alpha value is -2.68. The van der Waals surface area contributed by atoms with E-state index in [1.807, 2.05) is 0 Å². The number of piperidine rings is 1. The summed E-state index contributed by atoms with van der Waals surface area (Å²) >= 11 is 0. The van der Waals surface area contributed by atoms with Gasteiger partial charge in [-0.15, -0.1) is 0 Å². The highest BCUT2D eigenvalue weighted by atomic mass is 16.2.